The number of imide groups is 1. The van der Waals surface area contributed by atoms with E-state index < -0.39 is 17.9 Å². The number of carbonyl (C=O) groups excluding carboxylic acids is 2. The summed E-state index contributed by atoms with van der Waals surface area (Å²) >= 11 is 6.39. The number of nitrogens with one attached hydrogen (secondary N) is 1. The lowest BCUT2D eigenvalue weighted by Gasteiger charge is -2.15. The number of likely N-dealkylation sites (N-methyl/N-ethyl adjacent to an activating group) is 1. The number of ether oxygens (including phenoxy) is 2. The molecule has 2 N–H and O–H groups in total. The maximum atomic E-state index is 12.1. The maximum absolute atomic E-state index is 12.1. The van der Waals surface area contributed by atoms with E-state index in [1.807, 2.05) is 0 Å². The van der Waals surface area contributed by atoms with Crippen LogP contribution in [0.15, 0.2) is 42.1 Å². The number of carboxylic acid groups (broad SMARTS) is 1. The second-order valence-corrected chi connectivity index (χ2v) is 6.82. The van der Waals surface area contributed by atoms with Crippen LogP contribution in [0.4, 0.5) is 4.79 Å². The molecule has 30 heavy (non-hydrogen) atoms. The Bertz CT molecular complexity index is 1050. The largest absolute Gasteiger partial charge is 0.490 e. The zero-order valence-electron chi connectivity index (χ0n) is 16.3. The number of benzene rings is 2. The molecule has 1 aliphatic rings. The number of urea groups is 1. The Morgan fingerprint density at radius 3 is 2.63 bits per heavy atom. The lowest BCUT2D eigenvalue weighted by Crippen LogP contribution is -2.25. The highest BCUT2D eigenvalue weighted by Crippen LogP contribution is 2.38. The van der Waals surface area contributed by atoms with Crippen LogP contribution >= 0.6 is 11.6 Å². The van der Waals surface area contributed by atoms with Crippen LogP contribution in [0.2, 0.25) is 5.02 Å². The second kappa shape index (κ2) is 8.87. The Hall–Kier alpha value is -3.52. The van der Waals surface area contributed by atoms with Crippen LogP contribution in [0.5, 0.6) is 11.5 Å². The molecular formula is C21H19ClN2O6. The van der Waals surface area contributed by atoms with E-state index in [4.69, 9.17) is 26.2 Å². The molecule has 0 saturated carbocycles. The van der Waals surface area contributed by atoms with E-state index in [9.17, 15) is 14.4 Å². The van der Waals surface area contributed by atoms with Crippen molar-refractivity contribution in [1.29, 1.82) is 0 Å². The SMILES string of the molecule is CCOc1cc(/C=C2/NC(=O)N(C)C2=O)cc(Cl)c1OCc1cccc(C(=O)O)c1. The van der Waals surface area contributed by atoms with Gasteiger partial charge in [-0.15, -0.1) is 0 Å². The number of carbonyl (C=O) groups is 3. The van der Waals surface area contributed by atoms with Gasteiger partial charge in [0.2, 0.25) is 0 Å². The van der Waals surface area contributed by atoms with Crippen LogP contribution < -0.4 is 14.8 Å². The molecule has 2 aromatic carbocycles. The van der Waals surface area contributed by atoms with Crippen LogP contribution in [0.3, 0.4) is 0 Å². The van der Waals surface area contributed by atoms with E-state index in [0.29, 0.717) is 29.2 Å². The molecule has 0 bridgehead atoms. The molecule has 3 rings (SSSR count). The molecule has 1 aliphatic heterocycles. The molecule has 2 aromatic rings. The van der Waals surface area contributed by atoms with E-state index in [1.54, 1.807) is 31.2 Å². The zero-order valence-corrected chi connectivity index (χ0v) is 17.0. The number of halogens is 1. The summed E-state index contributed by atoms with van der Waals surface area (Å²) in [5, 5.41) is 11.8. The van der Waals surface area contributed by atoms with E-state index in [2.05, 4.69) is 5.32 Å². The molecule has 1 saturated heterocycles. The normalized spacial score (nSPS) is 14.8. The Labute approximate surface area is 177 Å². The van der Waals surface area contributed by atoms with Gasteiger partial charge in [0.15, 0.2) is 11.5 Å². The van der Waals surface area contributed by atoms with Gasteiger partial charge in [-0.25, -0.2) is 9.59 Å². The molecule has 3 amide bonds. The zero-order chi connectivity index (χ0) is 21.8. The first kappa shape index (κ1) is 21.2. The summed E-state index contributed by atoms with van der Waals surface area (Å²) < 4.78 is 11.4. The summed E-state index contributed by atoms with van der Waals surface area (Å²) in [4.78, 5) is 35.8. The van der Waals surface area contributed by atoms with Crippen LogP contribution in [-0.4, -0.2) is 41.6 Å². The fraction of sp³-hybridized carbons (Fsp3) is 0.190. The molecule has 0 spiro atoms. The smallest absolute Gasteiger partial charge is 0.335 e. The highest BCUT2D eigenvalue weighted by molar-refractivity contribution is 6.32. The lowest BCUT2D eigenvalue weighted by atomic mass is 10.1. The fourth-order valence-corrected chi connectivity index (χ4v) is 3.09. The van der Waals surface area contributed by atoms with Gasteiger partial charge in [-0.2, -0.15) is 0 Å². The average molecular weight is 431 g/mol. The fourth-order valence-electron chi connectivity index (χ4n) is 2.81. The highest BCUT2D eigenvalue weighted by Gasteiger charge is 2.30. The van der Waals surface area contributed by atoms with Crippen LogP contribution in [-0.2, 0) is 11.4 Å². The third kappa shape index (κ3) is 4.55. The van der Waals surface area contributed by atoms with Crippen molar-refractivity contribution in [2.45, 2.75) is 13.5 Å². The molecule has 9 heteroatoms. The summed E-state index contributed by atoms with van der Waals surface area (Å²) in [7, 11) is 1.38. The molecule has 1 heterocycles. The van der Waals surface area contributed by atoms with Gasteiger partial charge in [0.25, 0.3) is 5.91 Å². The Morgan fingerprint density at radius 2 is 2.00 bits per heavy atom. The molecule has 8 nitrogen and oxygen atoms in total. The van der Waals surface area contributed by atoms with Crippen molar-refractivity contribution in [3.8, 4) is 11.5 Å². The van der Waals surface area contributed by atoms with Crippen molar-refractivity contribution in [2.75, 3.05) is 13.7 Å². The third-order valence-electron chi connectivity index (χ3n) is 4.28. The molecule has 156 valence electrons. The summed E-state index contributed by atoms with van der Waals surface area (Å²) in [6.07, 6.45) is 1.50. The molecule has 0 atom stereocenters. The third-order valence-corrected chi connectivity index (χ3v) is 4.56. The van der Waals surface area contributed by atoms with Crippen LogP contribution in [0.25, 0.3) is 6.08 Å². The first-order chi connectivity index (χ1) is 14.3. The van der Waals surface area contributed by atoms with Crippen LogP contribution in [0.1, 0.15) is 28.4 Å². The van der Waals surface area contributed by atoms with Crippen molar-refractivity contribution in [3.63, 3.8) is 0 Å². The van der Waals surface area contributed by atoms with Gasteiger partial charge in [0, 0.05) is 7.05 Å². The van der Waals surface area contributed by atoms with E-state index in [0.717, 1.165) is 4.90 Å². The summed E-state index contributed by atoms with van der Waals surface area (Å²) in [6.45, 7) is 2.23. The first-order valence-corrected chi connectivity index (χ1v) is 9.40. The van der Waals surface area contributed by atoms with E-state index in [1.165, 1.54) is 25.3 Å². The summed E-state index contributed by atoms with van der Waals surface area (Å²) in [5.41, 5.74) is 1.48. The van der Waals surface area contributed by atoms with Crippen molar-refractivity contribution in [3.05, 3.63) is 63.8 Å². The second-order valence-electron chi connectivity index (χ2n) is 6.41. The van der Waals surface area contributed by atoms with Gasteiger partial charge in [-0.3, -0.25) is 9.69 Å². The van der Waals surface area contributed by atoms with Crippen molar-refractivity contribution in [2.24, 2.45) is 0 Å². The van der Waals surface area contributed by atoms with Gasteiger partial charge in [-0.1, -0.05) is 23.7 Å². The minimum atomic E-state index is -1.03. The molecule has 1 fully saturated rings. The minimum Gasteiger partial charge on any atom is -0.490 e. The number of nitrogens with zero attached hydrogens (tertiary/aromatic N) is 1. The molecule has 0 unspecified atom stereocenters. The molecule has 0 radical (unpaired) electrons. The average Bonchev–Trinajstić information content (AvgIpc) is 2.94. The first-order valence-electron chi connectivity index (χ1n) is 9.02. The predicted molar refractivity (Wildman–Crippen MR) is 110 cm³/mol. The number of aromatic carboxylic acids is 1. The number of hydrogen-bond acceptors (Lipinski definition) is 5. The highest BCUT2D eigenvalue weighted by atomic mass is 35.5. The minimum absolute atomic E-state index is 0.0840. The van der Waals surface area contributed by atoms with E-state index >= 15 is 0 Å². The van der Waals surface area contributed by atoms with Gasteiger partial charge in [-0.05, 0) is 48.4 Å². The Kier molecular flexibility index (Phi) is 6.27. The monoisotopic (exact) mass is 430 g/mol. The van der Waals surface area contributed by atoms with Crippen molar-refractivity contribution >= 4 is 35.6 Å². The lowest BCUT2D eigenvalue weighted by molar-refractivity contribution is -0.121. The van der Waals surface area contributed by atoms with Gasteiger partial charge in [0.05, 0.1) is 17.2 Å². The molecule has 0 aromatic heterocycles. The Balaban J connectivity index is 1.87. The van der Waals surface area contributed by atoms with Crippen molar-refractivity contribution < 1.29 is 29.0 Å². The quantitative estimate of drug-likeness (QED) is 0.514. The van der Waals surface area contributed by atoms with Gasteiger partial charge < -0.3 is 19.9 Å². The van der Waals surface area contributed by atoms with E-state index in [-0.39, 0.29) is 22.9 Å². The van der Waals surface area contributed by atoms with Gasteiger partial charge >= 0.3 is 12.0 Å². The summed E-state index contributed by atoms with van der Waals surface area (Å²) in [5.74, 6) is -0.828. The maximum Gasteiger partial charge on any atom is 0.335 e. The summed E-state index contributed by atoms with van der Waals surface area (Å²) in [6, 6.07) is 9.09. The number of amides is 3. The number of carboxylic acids is 1. The number of hydrogen-bond donors (Lipinski definition) is 2. The standard InChI is InChI=1S/C21H19ClN2O6/c1-3-29-17-10-13(9-16-19(25)24(2)21(28)23-16)8-15(22)18(17)30-11-12-5-4-6-14(7-12)20(26)27/h4-10H,3,11H2,1-2H3,(H,23,28)(H,26,27)/b16-9+. The predicted octanol–water partition coefficient (Wildman–Crippen LogP) is 3.54. The molecule has 0 aliphatic carbocycles. The van der Waals surface area contributed by atoms with Crippen LogP contribution in [0, 0.1) is 0 Å². The Morgan fingerprint density at radius 1 is 1.23 bits per heavy atom. The topological polar surface area (TPSA) is 105 Å². The van der Waals surface area contributed by atoms with Gasteiger partial charge in [0.1, 0.15) is 12.3 Å². The van der Waals surface area contributed by atoms with Crippen molar-refractivity contribution in [1.82, 2.24) is 10.2 Å². The number of rotatable bonds is 7. The molecular weight excluding hydrogens is 412 g/mol.